The van der Waals surface area contributed by atoms with Gasteiger partial charge in [0.2, 0.25) is 0 Å². The highest BCUT2D eigenvalue weighted by atomic mass is 32.2. The molecule has 1 aromatic carbocycles. The Balaban J connectivity index is 2.10. The standard InChI is InChI=1S/C17H20N2O2S/c1-10-4-6-13(7-5-10)15-14(16(20)21)12(3)18-17-19(15)9-8-11(2)22-17/h4-7,11,15H,8-9H2,1-3H3,(H,20,21). The smallest absolute Gasteiger partial charge is 0.335 e. The summed E-state index contributed by atoms with van der Waals surface area (Å²) in [5.74, 6) is -0.880. The maximum atomic E-state index is 11.8. The Kier molecular flexibility index (Phi) is 4.00. The molecule has 2 unspecified atom stereocenters. The minimum absolute atomic E-state index is 0.245. The largest absolute Gasteiger partial charge is 0.478 e. The van der Waals surface area contributed by atoms with Gasteiger partial charge in [-0.15, -0.1) is 0 Å². The van der Waals surface area contributed by atoms with Crippen LogP contribution in [0.4, 0.5) is 0 Å². The van der Waals surface area contributed by atoms with Gasteiger partial charge in [-0.25, -0.2) is 9.79 Å². The Bertz CT molecular complexity index is 664. The first kappa shape index (κ1) is 15.2. The number of carboxylic acids is 1. The number of aliphatic carboxylic acids is 1. The molecule has 0 aromatic heterocycles. The van der Waals surface area contributed by atoms with Gasteiger partial charge < -0.3 is 10.0 Å². The lowest BCUT2D eigenvalue weighted by Crippen LogP contribution is -2.43. The number of hydrogen-bond acceptors (Lipinski definition) is 4. The number of carbonyl (C=O) groups is 1. The van der Waals surface area contributed by atoms with Crippen molar-refractivity contribution < 1.29 is 9.90 Å². The minimum atomic E-state index is -0.880. The van der Waals surface area contributed by atoms with Crippen molar-refractivity contribution in [3.63, 3.8) is 0 Å². The molecule has 3 rings (SSSR count). The molecule has 22 heavy (non-hydrogen) atoms. The van der Waals surface area contributed by atoms with Crippen molar-refractivity contribution in [1.82, 2.24) is 4.90 Å². The Hall–Kier alpha value is -1.75. The minimum Gasteiger partial charge on any atom is -0.478 e. The number of nitrogens with zero attached hydrogens (tertiary/aromatic N) is 2. The fraction of sp³-hybridized carbons (Fsp3) is 0.412. The van der Waals surface area contributed by atoms with E-state index in [9.17, 15) is 9.90 Å². The number of hydrogen-bond donors (Lipinski definition) is 1. The molecule has 2 aliphatic rings. The number of carboxylic acid groups (broad SMARTS) is 1. The Morgan fingerprint density at radius 3 is 2.64 bits per heavy atom. The molecule has 0 radical (unpaired) electrons. The second-order valence-electron chi connectivity index (χ2n) is 5.92. The van der Waals surface area contributed by atoms with Gasteiger partial charge in [-0.3, -0.25) is 0 Å². The summed E-state index contributed by atoms with van der Waals surface area (Å²) in [5, 5.41) is 11.1. The van der Waals surface area contributed by atoms with Crippen LogP contribution in [-0.4, -0.2) is 32.9 Å². The van der Waals surface area contributed by atoms with Gasteiger partial charge in [0, 0.05) is 11.8 Å². The summed E-state index contributed by atoms with van der Waals surface area (Å²) in [5.41, 5.74) is 3.20. The summed E-state index contributed by atoms with van der Waals surface area (Å²) in [4.78, 5) is 18.5. The Morgan fingerprint density at radius 1 is 1.32 bits per heavy atom. The van der Waals surface area contributed by atoms with Crippen LogP contribution in [0.25, 0.3) is 0 Å². The maximum Gasteiger partial charge on any atom is 0.335 e. The van der Waals surface area contributed by atoms with Crippen LogP contribution in [0.5, 0.6) is 0 Å². The molecule has 1 fully saturated rings. The molecular formula is C17H20N2O2S. The summed E-state index contributed by atoms with van der Waals surface area (Å²) >= 11 is 1.74. The first-order valence-electron chi connectivity index (χ1n) is 7.50. The van der Waals surface area contributed by atoms with E-state index in [2.05, 4.69) is 16.8 Å². The number of amidine groups is 1. The molecule has 0 amide bonds. The number of fused-ring (bicyclic) bond motifs is 1. The van der Waals surface area contributed by atoms with E-state index in [0.717, 1.165) is 23.7 Å². The summed E-state index contributed by atoms with van der Waals surface area (Å²) in [6, 6.07) is 7.89. The molecule has 1 aromatic rings. The second-order valence-corrected chi connectivity index (χ2v) is 7.33. The molecule has 0 aliphatic carbocycles. The van der Waals surface area contributed by atoms with Crippen molar-refractivity contribution in [2.24, 2.45) is 4.99 Å². The number of benzene rings is 1. The van der Waals surface area contributed by atoms with E-state index >= 15 is 0 Å². The van der Waals surface area contributed by atoms with Gasteiger partial charge >= 0.3 is 5.97 Å². The van der Waals surface area contributed by atoms with E-state index < -0.39 is 5.97 Å². The molecule has 4 nitrogen and oxygen atoms in total. The summed E-state index contributed by atoms with van der Waals surface area (Å²) in [6.07, 6.45) is 1.04. The fourth-order valence-corrected chi connectivity index (χ4v) is 4.08. The van der Waals surface area contributed by atoms with Gasteiger partial charge in [0.15, 0.2) is 5.17 Å². The molecule has 0 spiro atoms. The highest BCUT2D eigenvalue weighted by Gasteiger charge is 2.38. The van der Waals surface area contributed by atoms with Crippen molar-refractivity contribution in [3.05, 3.63) is 46.7 Å². The molecule has 0 saturated carbocycles. The van der Waals surface area contributed by atoms with E-state index in [1.165, 1.54) is 5.56 Å². The zero-order valence-corrected chi connectivity index (χ0v) is 13.9. The molecular weight excluding hydrogens is 296 g/mol. The quantitative estimate of drug-likeness (QED) is 0.906. The molecule has 116 valence electrons. The first-order valence-corrected chi connectivity index (χ1v) is 8.38. The van der Waals surface area contributed by atoms with Crippen molar-refractivity contribution in [2.75, 3.05) is 6.54 Å². The van der Waals surface area contributed by atoms with Gasteiger partial charge in [-0.05, 0) is 25.8 Å². The third-order valence-electron chi connectivity index (χ3n) is 4.19. The summed E-state index contributed by atoms with van der Waals surface area (Å²) < 4.78 is 0. The van der Waals surface area contributed by atoms with Crippen LogP contribution in [-0.2, 0) is 4.79 Å². The zero-order valence-electron chi connectivity index (χ0n) is 13.0. The van der Waals surface area contributed by atoms with Crippen LogP contribution in [0.1, 0.15) is 37.4 Å². The van der Waals surface area contributed by atoms with Crippen molar-refractivity contribution in [2.45, 2.75) is 38.5 Å². The van der Waals surface area contributed by atoms with E-state index in [0.29, 0.717) is 16.5 Å². The molecule has 2 aliphatic heterocycles. The van der Waals surface area contributed by atoms with Crippen LogP contribution < -0.4 is 0 Å². The number of aliphatic imine (C=N–C) groups is 1. The number of rotatable bonds is 2. The number of thioether (sulfide) groups is 1. The fourth-order valence-electron chi connectivity index (χ4n) is 2.98. The van der Waals surface area contributed by atoms with Gasteiger partial charge in [0.05, 0.1) is 17.3 Å². The van der Waals surface area contributed by atoms with Crippen LogP contribution in [0.3, 0.4) is 0 Å². The lowest BCUT2D eigenvalue weighted by Gasteiger charge is -2.41. The van der Waals surface area contributed by atoms with Crippen LogP contribution in [0.15, 0.2) is 40.5 Å². The Labute approximate surface area is 134 Å². The zero-order chi connectivity index (χ0) is 15.9. The molecule has 1 N–H and O–H groups in total. The highest BCUT2D eigenvalue weighted by molar-refractivity contribution is 8.14. The van der Waals surface area contributed by atoms with E-state index in [1.54, 1.807) is 18.7 Å². The second kappa shape index (κ2) is 5.80. The third-order valence-corrected chi connectivity index (χ3v) is 5.37. The first-order chi connectivity index (χ1) is 10.5. The normalized spacial score (nSPS) is 24.9. The topological polar surface area (TPSA) is 52.9 Å². The van der Waals surface area contributed by atoms with E-state index in [-0.39, 0.29) is 6.04 Å². The average Bonchev–Trinajstić information content (AvgIpc) is 2.46. The van der Waals surface area contributed by atoms with Crippen molar-refractivity contribution in [3.8, 4) is 0 Å². The van der Waals surface area contributed by atoms with Crippen LogP contribution in [0.2, 0.25) is 0 Å². The van der Waals surface area contributed by atoms with E-state index in [4.69, 9.17) is 0 Å². The lowest BCUT2D eigenvalue weighted by atomic mass is 9.93. The maximum absolute atomic E-state index is 11.8. The Morgan fingerprint density at radius 2 is 2.00 bits per heavy atom. The van der Waals surface area contributed by atoms with Crippen LogP contribution in [0, 0.1) is 6.92 Å². The number of aryl methyl sites for hydroxylation is 1. The van der Waals surface area contributed by atoms with Gasteiger partial charge in [0.25, 0.3) is 0 Å². The van der Waals surface area contributed by atoms with Crippen molar-refractivity contribution >= 4 is 22.9 Å². The molecule has 2 atom stereocenters. The average molecular weight is 316 g/mol. The lowest BCUT2D eigenvalue weighted by molar-refractivity contribution is -0.133. The van der Waals surface area contributed by atoms with Crippen molar-refractivity contribution in [1.29, 1.82) is 0 Å². The molecule has 2 heterocycles. The van der Waals surface area contributed by atoms with Gasteiger partial charge in [-0.2, -0.15) is 0 Å². The van der Waals surface area contributed by atoms with Gasteiger partial charge in [0.1, 0.15) is 0 Å². The molecule has 0 bridgehead atoms. The molecule has 5 heteroatoms. The molecule has 1 saturated heterocycles. The van der Waals surface area contributed by atoms with Crippen LogP contribution >= 0.6 is 11.8 Å². The van der Waals surface area contributed by atoms with E-state index in [1.807, 2.05) is 31.2 Å². The predicted molar refractivity (Wildman–Crippen MR) is 90.1 cm³/mol. The third kappa shape index (κ3) is 2.65. The monoisotopic (exact) mass is 316 g/mol. The van der Waals surface area contributed by atoms with Gasteiger partial charge in [-0.1, -0.05) is 48.5 Å². The SMILES string of the molecule is CC1=C(C(=O)O)C(c2ccc(C)cc2)N2CCC(C)SC2=N1. The predicted octanol–water partition coefficient (Wildman–Crippen LogP) is 3.59. The summed E-state index contributed by atoms with van der Waals surface area (Å²) in [7, 11) is 0. The number of allylic oxidation sites excluding steroid dienone is 1. The highest BCUT2D eigenvalue weighted by Crippen LogP contribution is 2.41. The summed E-state index contributed by atoms with van der Waals surface area (Å²) in [6.45, 7) is 6.87.